The van der Waals surface area contributed by atoms with Crippen LogP contribution in [-0.4, -0.2) is 17.6 Å². The molecule has 1 aromatic heterocycles. The molecule has 2 nitrogen and oxygen atoms in total. The highest BCUT2D eigenvalue weighted by Crippen LogP contribution is 2.27. The summed E-state index contributed by atoms with van der Waals surface area (Å²) in [5, 5.41) is 0.353. The third-order valence-electron chi connectivity index (χ3n) is 3.16. The summed E-state index contributed by atoms with van der Waals surface area (Å²) in [5.41, 5.74) is 0. The number of halogens is 2. The Balaban J connectivity index is 2.27. The van der Waals surface area contributed by atoms with Crippen LogP contribution in [0.1, 0.15) is 32.6 Å². The van der Waals surface area contributed by atoms with Crippen molar-refractivity contribution in [3.05, 3.63) is 23.1 Å². The van der Waals surface area contributed by atoms with E-state index in [2.05, 4.69) is 16.8 Å². The molecular formula is C12H16ClFN2. The van der Waals surface area contributed by atoms with Gasteiger partial charge in [-0.3, -0.25) is 0 Å². The lowest BCUT2D eigenvalue weighted by Gasteiger charge is -2.36. The lowest BCUT2D eigenvalue weighted by Crippen LogP contribution is -2.40. The maximum atomic E-state index is 13.8. The number of hydrogen-bond donors (Lipinski definition) is 0. The number of anilines is 1. The van der Waals surface area contributed by atoms with Gasteiger partial charge in [0.05, 0.1) is 5.02 Å². The molecule has 0 aromatic carbocycles. The van der Waals surface area contributed by atoms with E-state index >= 15 is 0 Å². The second-order valence-corrected chi connectivity index (χ2v) is 4.65. The number of nitrogens with zero attached hydrogens (tertiary/aromatic N) is 2. The molecule has 4 heteroatoms. The largest absolute Gasteiger partial charge is 0.351 e. The van der Waals surface area contributed by atoms with E-state index in [1.165, 1.54) is 18.7 Å². The summed E-state index contributed by atoms with van der Waals surface area (Å²) >= 11 is 5.71. The Morgan fingerprint density at radius 1 is 1.56 bits per heavy atom. The smallest absolute Gasteiger partial charge is 0.167 e. The van der Waals surface area contributed by atoms with Crippen LogP contribution >= 0.6 is 11.6 Å². The first-order valence-corrected chi connectivity index (χ1v) is 6.18. The van der Waals surface area contributed by atoms with E-state index < -0.39 is 0 Å². The number of hydrogen-bond acceptors (Lipinski definition) is 2. The van der Waals surface area contributed by atoms with Gasteiger partial charge in [-0.05, 0) is 31.7 Å². The lowest BCUT2D eigenvalue weighted by atomic mass is 10.00. The minimum Gasteiger partial charge on any atom is -0.351 e. The van der Waals surface area contributed by atoms with E-state index in [1.54, 1.807) is 0 Å². The fourth-order valence-electron chi connectivity index (χ4n) is 2.32. The minimum atomic E-state index is -0.312. The topological polar surface area (TPSA) is 16.1 Å². The molecule has 1 atom stereocenters. The SMILES string of the molecule is CCC1CCCCN1c1ncc(Cl)cc1F. The third-order valence-corrected chi connectivity index (χ3v) is 3.37. The van der Waals surface area contributed by atoms with Crippen LogP contribution in [0, 0.1) is 5.82 Å². The Morgan fingerprint density at radius 3 is 3.06 bits per heavy atom. The molecule has 16 heavy (non-hydrogen) atoms. The number of piperidine rings is 1. The molecule has 1 aromatic rings. The van der Waals surface area contributed by atoms with E-state index in [1.807, 2.05) is 0 Å². The van der Waals surface area contributed by atoms with Crippen LogP contribution in [0.5, 0.6) is 0 Å². The van der Waals surface area contributed by atoms with Crippen molar-refractivity contribution >= 4 is 17.4 Å². The van der Waals surface area contributed by atoms with Crippen molar-refractivity contribution in [2.45, 2.75) is 38.6 Å². The van der Waals surface area contributed by atoms with Crippen molar-refractivity contribution in [2.24, 2.45) is 0 Å². The van der Waals surface area contributed by atoms with Gasteiger partial charge in [-0.1, -0.05) is 18.5 Å². The molecule has 1 aliphatic rings. The highest BCUT2D eigenvalue weighted by Gasteiger charge is 2.24. The standard InChI is InChI=1S/C12H16ClFN2/c1-2-10-5-3-4-6-16(10)12-11(14)7-9(13)8-15-12/h7-8,10H,2-6H2,1H3. The van der Waals surface area contributed by atoms with Crippen LogP contribution < -0.4 is 4.90 Å². The fourth-order valence-corrected chi connectivity index (χ4v) is 2.47. The zero-order valence-corrected chi connectivity index (χ0v) is 10.2. The molecule has 1 fully saturated rings. The highest BCUT2D eigenvalue weighted by atomic mass is 35.5. The molecule has 0 spiro atoms. The monoisotopic (exact) mass is 242 g/mol. The predicted octanol–water partition coefficient (Wildman–Crippen LogP) is 3.64. The molecular weight excluding hydrogens is 227 g/mol. The first-order chi connectivity index (χ1) is 7.72. The van der Waals surface area contributed by atoms with Gasteiger partial charge in [-0.15, -0.1) is 0 Å². The summed E-state index contributed by atoms with van der Waals surface area (Å²) in [4.78, 5) is 6.20. The molecule has 0 N–H and O–H groups in total. The number of aromatic nitrogens is 1. The van der Waals surface area contributed by atoms with E-state index in [9.17, 15) is 4.39 Å². The molecule has 1 aliphatic heterocycles. The van der Waals surface area contributed by atoms with Crippen LogP contribution in [0.15, 0.2) is 12.3 Å². The normalized spacial score (nSPS) is 21.2. The molecule has 1 unspecified atom stereocenters. The summed E-state index contributed by atoms with van der Waals surface area (Å²) < 4.78 is 13.8. The molecule has 2 heterocycles. The van der Waals surface area contributed by atoms with Gasteiger partial charge in [0.2, 0.25) is 0 Å². The summed E-state index contributed by atoms with van der Waals surface area (Å²) in [7, 11) is 0. The Kier molecular flexibility index (Phi) is 3.64. The van der Waals surface area contributed by atoms with Crippen molar-refractivity contribution in [3.63, 3.8) is 0 Å². The lowest BCUT2D eigenvalue weighted by molar-refractivity contribution is 0.439. The summed E-state index contributed by atoms with van der Waals surface area (Å²) in [6, 6.07) is 1.75. The second-order valence-electron chi connectivity index (χ2n) is 4.21. The number of rotatable bonds is 2. The summed E-state index contributed by atoms with van der Waals surface area (Å²) in [6.45, 7) is 3.03. The van der Waals surface area contributed by atoms with E-state index in [4.69, 9.17) is 11.6 Å². The highest BCUT2D eigenvalue weighted by molar-refractivity contribution is 6.30. The van der Waals surface area contributed by atoms with E-state index in [0.717, 1.165) is 25.8 Å². The van der Waals surface area contributed by atoms with Gasteiger partial charge in [-0.25, -0.2) is 9.37 Å². The number of pyridine rings is 1. The van der Waals surface area contributed by atoms with Crippen LogP contribution in [0.3, 0.4) is 0 Å². The van der Waals surface area contributed by atoms with Crippen LogP contribution in [0.2, 0.25) is 5.02 Å². The quantitative estimate of drug-likeness (QED) is 0.787. The molecule has 1 saturated heterocycles. The molecule has 0 saturated carbocycles. The van der Waals surface area contributed by atoms with Crippen molar-refractivity contribution < 1.29 is 4.39 Å². The van der Waals surface area contributed by atoms with Crippen LogP contribution in [-0.2, 0) is 0 Å². The minimum absolute atomic E-state index is 0.312. The predicted molar refractivity (Wildman–Crippen MR) is 64.5 cm³/mol. The molecule has 0 radical (unpaired) electrons. The molecule has 0 aliphatic carbocycles. The van der Waals surface area contributed by atoms with Gasteiger partial charge >= 0.3 is 0 Å². The zero-order chi connectivity index (χ0) is 11.5. The fraction of sp³-hybridized carbons (Fsp3) is 0.583. The van der Waals surface area contributed by atoms with Crippen molar-refractivity contribution in [1.29, 1.82) is 0 Å². The van der Waals surface area contributed by atoms with Gasteiger partial charge in [0, 0.05) is 18.8 Å². The Morgan fingerprint density at radius 2 is 2.38 bits per heavy atom. The first-order valence-electron chi connectivity index (χ1n) is 5.80. The van der Waals surface area contributed by atoms with Crippen molar-refractivity contribution in [3.8, 4) is 0 Å². The molecule has 88 valence electrons. The first kappa shape index (κ1) is 11.6. The van der Waals surface area contributed by atoms with Gasteiger partial charge in [0.1, 0.15) is 0 Å². The Bertz CT molecular complexity index is 370. The van der Waals surface area contributed by atoms with Crippen LogP contribution in [0.25, 0.3) is 0 Å². The Hall–Kier alpha value is -0.830. The Labute approximate surface area is 100 Å². The zero-order valence-electron chi connectivity index (χ0n) is 9.42. The maximum absolute atomic E-state index is 13.8. The van der Waals surface area contributed by atoms with Gasteiger partial charge < -0.3 is 4.90 Å². The summed E-state index contributed by atoms with van der Waals surface area (Å²) in [5.74, 6) is 0.142. The average Bonchev–Trinajstić information content (AvgIpc) is 2.29. The molecule has 0 amide bonds. The second kappa shape index (κ2) is 5.00. The van der Waals surface area contributed by atoms with E-state index in [-0.39, 0.29) is 5.82 Å². The van der Waals surface area contributed by atoms with E-state index in [0.29, 0.717) is 16.9 Å². The van der Waals surface area contributed by atoms with Crippen molar-refractivity contribution in [2.75, 3.05) is 11.4 Å². The summed E-state index contributed by atoms with van der Waals surface area (Å²) in [6.07, 6.45) is 6.01. The van der Waals surface area contributed by atoms with Crippen molar-refractivity contribution in [1.82, 2.24) is 4.98 Å². The van der Waals surface area contributed by atoms with Gasteiger partial charge in [0.15, 0.2) is 11.6 Å². The van der Waals surface area contributed by atoms with Gasteiger partial charge in [0.25, 0.3) is 0 Å². The third kappa shape index (κ3) is 2.29. The molecule has 0 bridgehead atoms. The molecule has 2 rings (SSSR count). The van der Waals surface area contributed by atoms with Gasteiger partial charge in [-0.2, -0.15) is 0 Å². The maximum Gasteiger partial charge on any atom is 0.167 e. The van der Waals surface area contributed by atoms with Crippen LogP contribution in [0.4, 0.5) is 10.2 Å². The average molecular weight is 243 g/mol.